The molecule has 0 heterocycles. The molecule has 0 fully saturated rings. The molecular weight excluding hydrogens is 154 g/mol. The minimum Gasteiger partial charge on any atom is -0.462 e. The number of rotatable bonds is 5. The summed E-state index contributed by atoms with van der Waals surface area (Å²) < 4.78 is 4.89. The summed E-state index contributed by atoms with van der Waals surface area (Å²) in [7, 11) is 0. The summed E-state index contributed by atoms with van der Waals surface area (Å²) in [6.45, 7) is 7.74. The Balaban J connectivity index is 3.65. The molecular formula is C9H17NO2. The van der Waals surface area contributed by atoms with Crippen molar-refractivity contribution in [1.82, 2.24) is 0 Å². The first-order valence-corrected chi connectivity index (χ1v) is 4.21. The molecule has 70 valence electrons. The number of ether oxygens (including phenoxy) is 1. The van der Waals surface area contributed by atoms with Crippen molar-refractivity contribution in [1.29, 1.82) is 0 Å². The van der Waals surface area contributed by atoms with Crippen molar-refractivity contribution in [3.63, 3.8) is 0 Å². The van der Waals surface area contributed by atoms with Crippen molar-refractivity contribution in [2.24, 2.45) is 5.73 Å². The molecule has 0 saturated carbocycles. The largest absolute Gasteiger partial charge is 0.462 e. The third kappa shape index (κ3) is 4.13. The highest BCUT2D eigenvalue weighted by Gasteiger charge is 2.11. The minimum absolute atomic E-state index is 0.320. The molecule has 1 atom stereocenters. The maximum atomic E-state index is 11.1. The van der Waals surface area contributed by atoms with Gasteiger partial charge in [0.2, 0.25) is 0 Å². The lowest BCUT2D eigenvalue weighted by Gasteiger charge is -2.08. The maximum Gasteiger partial charge on any atom is 0.334 e. The second kappa shape index (κ2) is 5.77. The molecule has 0 amide bonds. The van der Waals surface area contributed by atoms with Gasteiger partial charge in [-0.1, -0.05) is 19.9 Å². The maximum absolute atomic E-state index is 11.1. The highest BCUT2D eigenvalue weighted by Crippen LogP contribution is 2.00. The topological polar surface area (TPSA) is 52.3 Å². The number of unbranched alkanes of at least 4 members (excludes halogenated alkanes) is 1. The molecule has 0 aliphatic carbocycles. The van der Waals surface area contributed by atoms with Crippen LogP contribution in [0.1, 0.15) is 26.7 Å². The van der Waals surface area contributed by atoms with Crippen LogP contribution >= 0.6 is 0 Å². The van der Waals surface area contributed by atoms with Crippen LogP contribution in [0.5, 0.6) is 0 Å². The van der Waals surface area contributed by atoms with Gasteiger partial charge in [-0.2, -0.15) is 0 Å². The highest BCUT2D eigenvalue weighted by atomic mass is 16.5. The van der Waals surface area contributed by atoms with E-state index in [1.54, 1.807) is 6.92 Å². The van der Waals surface area contributed by atoms with E-state index < -0.39 is 0 Å². The normalized spacial score (nSPS) is 12.2. The molecule has 0 aliphatic rings. The predicted octanol–water partition coefficient (Wildman–Crippen LogP) is 1.23. The van der Waals surface area contributed by atoms with Crippen LogP contribution < -0.4 is 5.73 Å². The number of carbonyl (C=O) groups excluding carboxylic acids is 1. The zero-order valence-corrected chi connectivity index (χ0v) is 7.80. The van der Waals surface area contributed by atoms with E-state index in [4.69, 9.17) is 10.5 Å². The van der Waals surface area contributed by atoms with Gasteiger partial charge in [-0.3, -0.25) is 0 Å². The standard InChI is InChI=1S/C9H17NO2/c1-4-5-6-12-9(11)7(2)8(3)10/h8H,2,4-6,10H2,1,3H3. The van der Waals surface area contributed by atoms with Crippen LogP contribution in [0, 0.1) is 0 Å². The monoisotopic (exact) mass is 171 g/mol. The van der Waals surface area contributed by atoms with Crippen LogP contribution in [-0.2, 0) is 9.53 Å². The molecule has 0 aromatic carbocycles. The smallest absolute Gasteiger partial charge is 0.334 e. The summed E-state index contributed by atoms with van der Waals surface area (Å²) in [5, 5.41) is 0. The van der Waals surface area contributed by atoms with E-state index in [1.165, 1.54) is 0 Å². The van der Waals surface area contributed by atoms with Crippen LogP contribution in [0.15, 0.2) is 12.2 Å². The van der Waals surface area contributed by atoms with Crippen molar-refractivity contribution in [2.45, 2.75) is 32.7 Å². The number of esters is 1. The summed E-state index contributed by atoms with van der Waals surface area (Å²) in [6.07, 6.45) is 1.90. The molecule has 3 heteroatoms. The van der Waals surface area contributed by atoms with E-state index in [0.717, 1.165) is 12.8 Å². The third-order valence-electron chi connectivity index (χ3n) is 1.54. The van der Waals surface area contributed by atoms with Gasteiger partial charge in [0, 0.05) is 11.6 Å². The second-order valence-electron chi connectivity index (χ2n) is 2.80. The molecule has 0 spiro atoms. The number of hydrogen-bond donors (Lipinski definition) is 1. The average molecular weight is 171 g/mol. The Kier molecular flexibility index (Phi) is 5.37. The van der Waals surface area contributed by atoms with Crippen LogP contribution in [0.4, 0.5) is 0 Å². The van der Waals surface area contributed by atoms with Crippen molar-refractivity contribution >= 4 is 5.97 Å². The summed E-state index contributed by atoms with van der Waals surface area (Å²) in [4.78, 5) is 11.1. The van der Waals surface area contributed by atoms with Crippen molar-refractivity contribution in [3.8, 4) is 0 Å². The van der Waals surface area contributed by atoms with Gasteiger partial charge in [-0.05, 0) is 13.3 Å². The fourth-order valence-electron chi connectivity index (χ4n) is 0.588. The highest BCUT2D eigenvalue weighted by molar-refractivity contribution is 5.88. The van der Waals surface area contributed by atoms with Gasteiger partial charge in [0.05, 0.1) is 6.61 Å². The summed E-state index contributed by atoms with van der Waals surface area (Å²) >= 11 is 0. The van der Waals surface area contributed by atoms with E-state index in [-0.39, 0.29) is 12.0 Å². The Labute approximate surface area is 73.6 Å². The van der Waals surface area contributed by atoms with Gasteiger partial charge in [-0.15, -0.1) is 0 Å². The van der Waals surface area contributed by atoms with Gasteiger partial charge in [0.25, 0.3) is 0 Å². The second-order valence-corrected chi connectivity index (χ2v) is 2.80. The molecule has 0 aromatic rings. The minimum atomic E-state index is -0.376. The molecule has 3 nitrogen and oxygen atoms in total. The Morgan fingerprint density at radius 2 is 2.25 bits per heavy atom. The van der Waals surface area contributed by atoms with Gasteiger partial charge >= 0.3 is 5.97 Å². The lowest BCUT2D eigenvalue weighted by atomic mass is 10.2. The third-order valence-corrected chi connectivity index (χ3v) is 1.54. The van der Waals surface area contributed by atoms with Crippen molar-refractivity contribution in [3.05, 3.63) is 12.2 Å². The Morgan fingerprint density at radius 3 is 2.67 bits per heavy atom. The Morgan fingerprint density at radius 1 is 1.67 bits per heavy atom. The first-order chi connectivity index (χ1) is 5.59. The van der Waals surface area contributed by atoms with Crippen molar-refractivity contribution in [2.75, 3.05) is 6.61 Å². The summed E-state index contributed by atoms with van der Waals surface area (Å²) in [6, 6.07) is -0.320. The zero-order chi connectivity index (χ0) is 9.56. The van der Waals surface area contributed by atoms with Crippen LogP contribution in [-0.4, -0.2) is 18.6 Å². The molecule has 2 N–H and O–H groups in total. The van der Waals surface area contributed by atoms with Gasteiger partial charge in [0.15, 0.2) is 0 Å². The average Bonchev–Trinajstić information content (AvgIpc) is 2.03. The van der Waals surface area contributed by atoms with Gasteiger partial charge in [-0.25, -0.2) is 4.79 Å². The number of hydrogen-bond acceptors (Lipinski definition) is 3. The van der Waals surface area contributed by atoms with Crippen LogP contribution in [0.2, 0.25) is 0 Å². The number of nitrogens with two attached hydrogens (primary N) is 1. The van der Waals surface area contributed by atoms with E-state index in [9.17, 15) is 4.79 Å². The predicted molar refractivity (Wildman–Crippen MR) is 48.7 cm³/mol. The Hall–Kier alpha value is -0.830. The first kappa shape index (κ1) is 11.2. The fourth-order valence-corrected chi connectivity index (χ4v) is 0.588. The lowest BCUT2D eigenvalue weighted by molar-refractivity contribution is -0.139. The summed E-state index contributed by atoms with van der Waals surface area (Å²) in [5.41, 5.74) is 5.78. The zero-order valence-electron chi connectivity index (χ0n) is 7.80. The van der Waals surface area contributed by atoms with E-state index in [1.807, 2.05) is 6.92 Å². The van der Waals surface area contributed by atoms with E-state index in [2.05, 4.69) is 6.58 Å². The van der Waals surface area contributed by atoms with Crippen LogP contribution in [0.3, 0.4) is 0 Å². The van der Waals surface area contributed by atoms with Crippen LogP contribution in [0.25, 0.3) is 0 Å². The lowest BCUT2D eigenvalue weighted by Crippen LogP contribution is -2.24. The van der Waals surface area contributed by atoms with E-state index >= 15 is 0 Å². The summed E-state index contributed by atoms with van der Waals surface area (Å²) in [5.74, 6) is -0.376. The van der Waals surface area contributed by atoms with Crippen molar-refractivity contribution < 1.29 is 9.53 Å². The fraction of sp³-hybridized carbons (Fsp3) is 0.667. The molecule has 0 radical (unpaired) electrons. The van der Waals surface area contributed by atoms with E-state index in [0.29, 0.717) is 12.2 Å². The molecule has 12 heavy (non-hydrogen) atoms. The molecule has 0 aromatic heterocycles. The molecule has 0 bridgehead atoms. The van der Waals surface area contributed by atoms with Gasteiger partial charge in [0.1, 0.15) is 0 Å². The molecule has 0 aliphatic heterocycles. The van der Waals surface area contributed by atoms with Gasteiger partial charge < -0.3 is 10.5 Å². The molecule has 0 saturated heterocycles. The number of carbonyl (C=O) groups is 1. The quantitative estimate of drug-likeness (QED) is 0.384. The first-order valence-electron chi connectivity index (χ1n) is 4.21. The molecule has 1 unspecified atom stereocenters. The Bertz CT molecular complexity index is 164. The molecule has 0 rings (SSSR count). The SMILES string of the molecule is C=C(C(=O)OCCCC)C(C)N.